The summed E-state index contributed by atoms with van der Waals surface area (Å²) >= 11 is 12.6. The van der Waals surface area contributed by atoms with Crippen LogP contribution in [0.15, 0.2) is 36.4 Å². The molecular weight excluding hydrogens is 503 g/mol. The Morgan fingerprint density at radius 1 is 1.11 bits per heavy atom. The lowest BCUT2D eigenvalue weighted by Gasteiger charge is -2.36. The molecule has 1 saturated heterocycles. The average molecular weight is 537 g/mol. The van der Waals surface area contributed by atoms with Crippen molar-refractivity contribution in [3.8, 4) is 5.75 Å². The lowest BCUT2D eigenvalue weighted by Crippen LogP contribution is -2.46. The molecule has 196 valence electrons. The zero-order valence-electron chi connectivity index (χ0n) is 20.6. The summed E-state index contributed by atoms with van der Waals surface area (Å²) in [4.78, 5) is 17.9. The molecule has 1 fully saturated rings. The number of hydrogen-bond acceptors (Lipinski definition) is 7. The second-order valence-electron chi connectivity index (χ2n) is 9.05. The van der Waals surface area contributed by atoms with Gasteiger partial charge in [-0.05, 0) is 56.0 Å². The Morgan fingerprint density at radius 3 is 2.69 bits per heavy atom. The largest absolute Gasteiger partial charge is 0.494 e. The molecule has 0 spiro atoms. The number of fused-ring (bicyclic) bond motifs is 1. The molecule has 0 aromatic heterocycles. The minimum absolute atomic E-state index is 0.0198. The van der Waals surface area contributed by atoms with Gasteiger partial charge in [-0.25, -0.2) is 4.79 Å². The first-order valence-electron chi connectivity index (χ1n) is 12.4. The van der Waals surface area contributed by atoms with E-state index in [0.717, 1.165) is 74.7 Å². The standard InChI is InChI=1S/C26H34Cl2N4O4/c1-29-26(34)36-18-32-23-17-20(9-7-19(23)8-10-24(32)33)35-16-3-2-11-30-12-14-31(15-13-30)22-6-4-5-21(27)25(22)28/h4-7,9,17,24,33H,2-3,8,10-16,18H2,1H3,(H,29,34). The lowest BCUT2D eigenvalue weighted by molar-refractivity contribution is 0.101. The van der Waals surface area contributed by atoms with Crippen molar-refractivity contribution >= 4 is 40.7 Å². The molecule has 2 aromatic rings. The van der Waals surface area contributed by atoms with Crippen molar-refractivity contribution in [1.82, 2.24) is 10.2 Å². The summed E-state index contributed by atoms with van der Waals surface area (Å²) in [6, 6.07) is 11.7. The van der Waals surface area contributed by atoms with Gasteiger partial charge in [0.1, 0.15) is 12.0 Å². The van der Waals surface area contributed by atoms with Crippen LogP contribution in [0.5, 0.6) is 5.75 Å². The van der Waals surface area contributed by atoms with Crippen molar-refractivity contribution in [3.63, 3.8) is 0 Å². The summed E-state index contributed by atoms with van der Waals surface area (Å²) in [6.45, 7) is 5.47. The highest BCUT2D eigenvalue weighted by Crippen LogP contribution is 2.34. The minimum Gasteiger partial charge on any atom is -0.494 e. The van der Waals surface area contributed by atoms with E-state index in [0.29, 0.717) is 23.1 Å². The van der Waals surface area contributed by atoms with E-state index in [1.165, 1.54) is 7.05 Å². The molecule has 2 aromatic carbocycles. The lowest BCUT2D eigenvalue weighted by atomic mass is 10.0. The molecule has 0 saturated carbocycles. The highest BCUT2D eigenvalue weighted by Gasteiger charge is 2.26. The van der Waals surface area contributed by atoms with E-state index in [1.54, 1.807) is 4.90 Å². The first-order valence-corrected chi connectivity index (χ1v) is 13.2. The number of nitrogens with zero attached hydrogens (tertiary/aromatic N) is 3. The Kier molecular flexibility index (Phi) is 9.42. The summed E-state index contributed by atoms with van der Waals surface area (Å²) in [6.07, 6.45) is 2.12. The van der Waals surface area contributed by atoms with E-state index in [2.05, 4.69) is 15.1 Å². The van der Waals surface area contributed by atoms with Crippen LogP contribution >= 0.6 is 23.2 Å². The topological polar surface area (TPSA) is 77.5 Å². The highest BCUT2D eigenvalue weighted by molar-refractivity contribution is 6.43. The van der Waals surface area contributed by atoms with E-state index in [4.69, 9.17) is 32.7 Å². The van der Waals surface area contributed by atoms with Gasteiger partial charge in [0, 0.05) is 45.0 Å². The van der Waals surface area contributed by atoms with Crippen molar-refractivity contribution in [2.24, 2.45) is 0 Å². The molecule has 2 aliphatic rings. The SMILES string of the molecule is CNC(=O)OCN1c2cc(OCCCCN3CCN(c4cccc(Cl)c4Cl)CC3)ccc2CCC1O. The van der Waals surface area contributed by atoms with Crippen LogP contribution in [-0.4, -0.2) is 75.4 Å². The second kappa shape index (κ2) is 12.7. The summed E-state index contributed by atoms with van der Waals surface area (Å²) in [5.41, 5.74) is 2.95. The van der Waals surface area contributed by atoms with Crippen molar-refractivity contribution in [2.45, 2.75) is 31.9 Å². The number of halogens is 2. The fourth-order valence-corrected chi connectivity index (χ4v) is 5.06. The zero-order valence-corrected chi connectivity index (χ0v) is 22.1. The Morgan fingerprint density at radius 2 is 1.92 bits per heavy atom. The number of unbranched alkanes of at least 4 members (excludes halogenated alkanes) is 1. The highest BCUT2D eigenvalue weighted by atomic mass is 35.5. The molecule has 0 radical (unpaired) electrons. The van der Waals surface area contributed by atoms with Gasteiger partial charge in [0.05, 0.1) is 22.3 Å². The van der Waals surface area contributed by atoms with Crippen LogP contribution < -0.4 is 19.9 Å². The van der Waals surface area contributed by atoms with E-state index < -0.39 is 12.3 Å². The number of aryl methyl sites for hydroxylation is 1. The summed E-state index contributed by atoms with van der Waals surface area (Å²) in [5, 5.41) is 14.1. The number of piperazine rings is 1. The third kappa shape index (κ3) is 6.68. The number of ether oxygens (including phenoxy) is 2. The molecule has 2 aliphatic heterocycles. The quantitative estimate of drug-likeness (QED) is 0.461. The molecular formula is C26H34Cl2N4O4. The number of nitrogens with one attached hydrogen (secondary N) is 1. The number of hydrogen-bond donors (Lipinski definition) is 2. The number of carbonyl (C=O) groups is 1. The molecule has 4 rings (SSSR count). The number of amides is 1. The maximum atomic E-state index is 11.5. The van der Waals surface area contributed by atoms with Gasteiger partial charge < -0.3 is 29.7 Å². The molecule has 1 amide bonds. The number of carbonyl (C=O) groups excluding carboxylic acids is 1. The number of benzene rings is 2. The van der Waals surface area contributed by atoms with Crippen molar-refractivity contribution in [2.75, 3.05) is 62.9 Å². The number of aliphatic hydroxyl groups excluding tert-OH is 1. The van der Waals surface area contributed by atoms with E-state index in [1.807, 2.05) is 36.4 Å². The summed E-state index contributed by atoms with van der Waals surface area (Å²) in [7, 11) is 1.51. The van der Waals surface area contributed by atoms with Gasteiger partial charge in [-0.3, -0.25) is 4.90 Å². The van der Waals surface area contributed by atoms with Crippen LogP contribution in [0.1, 0.15) is 24.8 Å². The molecule has 10 heteroatoms. The molecule has 2 N–H and O–H groups in total. The molecule has 0 aliphatic carbocycles. The molecule has 0 bridgehead atoms. The molecule has 8 nitrogen and oxygen atoms in total. The molecule has 2 heterocycles. The van der Waals surface area contributed by atoms with Crippen LogP contribution in [0, 0.1) is 0 Å². The zero-order chi connectivity index (χ0) is 25.5. The first kappa shape index (κ1) is 26.7. The van der Waals surface area contributed by atoms with Crippen LogP contribution in [-0.2, 0) is 11.2 Å². The van der Waals surface area contributed by atoms with Crippen LogP contribution in [0.2, 0.25) is 10.0 Å². The van der Waals surface area contributed by atoms with E-state index in [-0.39, 0.29) is 6.73 Å². The van der Waals surface area contributed by atoms with Gasteiger partial charge in [-0.2, -0.15) is 0 Å². The van der Waals surface area contributed by atoms with Crippen molar-refractivity contribution in [3.05, 3.63) is 52.0 Å². The van der Waals surface area contributed by atoms with E-state index in [9.17, 15) is 9.90 Å². The molecule has 36 heavy (non-hydrogen) atoms. The smallest absolute Gasteiger partial charge is 0.408 e. The van der Waals surface area contributed by atoms with Gasteiger partial charge in [0.25, 0.3) is 0 Å². The fraction of sp³-hybridized carbons (Fsp3) is 0.500. The van der Waals surface area contributed by atoms with Gasteiger partial charge >= 0.3 is 6.09 Å². The number of rotatable bonds is 9. The van der Waals surface area contributed by atoms with Gasteiger partial charge in [-0.1, -0.05) is 35.3 Å². The Hall–Kier alpha value is -2.39. The minimum atomic E-state index is -0.701. The maximum absolute atomic E-state index is 11.5. The molecule has 1 unspecified atom stereocenters. The Labute approximate surface area is 222 Å². The van der Waals surface area contributed by atoms with Gasteiger partial charge in [0.2, 0.25) is 0 Å². The number of aliphatic hydroxyl groups is 1. The number of alkyl carbamates (subject to hydrolysis) is 1. The maximum Gasteiger partial charge on any atom is 0.408 e. The monoisotopic (exact) mass is 536 g/mol. The van der Waals surface area contributed by atoms with Crippen LogP contribution in [0.25, 0.3) is 0 Å². The van der Waals surface area contributed by atoms with Crippen LogP contribution in [0.3, 0.4) is 0 Å². The normalized spacial score (nSPS) is 18.1. The summed E-state index contributed by atoms with van der Waals surface area (Å²) < 4.78 is 11.2. The summed E-state index contributed by atoms with van der Waals surface area (Å²) in [5.74, 6) is 0.750. The number of anilines is 2. The fourth-order valence-electron chi connectivity index (χ4n) is 4.65. The predicted molar refractivity (Wildman–Crippen MR) is 144 cm³/mol. The second-order valence-corrected chi connectivity index (χ2v) is 9.83. The van der Waals surface area contributed by atoms with E-state index >= 15 is 0 Å². The third-order valence-corrected chi connectivity index (χ3v) is 7.53. The van der Waals surface area contributed by atoms with Crippen molar-refractivity contribution < 1.29 is 19.4 Å². The molecule has 1 atom stereocenters. The predicted octanol–water partition coefficient (Wildman–Crippen LogP) is 4.36. The van der Waals surface area contributed by atoms with Gasteiger partial charge in [-0.15, -0.1) is 0 Å². The Balaban J connectivity index is 1.20. The van der Waals surface area contributed by atoms with Crippen molar-refractivity contribution in [1.29, 1.82) is 0 Å². The Bertz CT molecular complexity index is 1030. The first-order chi connectivity index (χ1) is 17.5. The average Bonchev–Trinajstić information content (AvgIpc) is 2.89. The van der Waals surface area contributed by atoms with Gasteiger partial charge in [0.15, 0.2) is 6.73 Å². The third-order valence-electron chi connectivity index (χ3n) is 6.72. The van der Waals surface area contributed by atoms with Crippen LogP contribution in [0.4, 0.5) is 16.2 Å².